The minimum atomic E-state index is -4.37. The first-order chi connectivity index (χ1) is 15.5. The van der Waals surface area contributed by atoms with Gasteiger partial charge in [0.05, 0.1) is 17.6 Å². The lowest BCUT2D eigenvalue weighted by molar-refractivity contribution is -0.142. The third-order valence-electron chi connectivity index (χ3n) is 5.66. The lowest BCUT2D eigenvalue weighted by atomic mass is 9.85. The summed E-state index contributed by atoms with van der Waals surface area (Å²) in [6, 6.07) is 13.9. The molecule has 3 aromatic rings. The van der Waals surface area contributed by atoms with Gasteiger partial charge in [-0.1, -0.05) is 31.2 Å². The number of hydrogen-bond acceptors (Lipinski definition) is 3. The Morgan fingerprint density at radius 3 is 2.33 bits per heavy atom. The number of ether oxygens (including phenoxy) is 1. The summed E-state index contributed by atoms with van der Waals surface area (Å²) in [7, 11) is 0. The normalized spacial score (nSPS) is 12.1. The molecule has 0 fully saturated rings. The number of aryl methyl sites for hydroxylation is 2. The zero-order valence-electron chi connectivity index (χ0n) is 18.8. The summed E-state index contributed by atoms with van der Waals surface area (Å²) in [5.74, 6) is 1.04. The van der Waals surface area contributed by atoms with Crippen LogP contribution in [-0.4, -0.2) is 17.7 Å². The van der Waals surface area contributed by atoms with Crippen LogP contribution in [-0.2, 0) is 29.2 Å². The number of furan rings is 1. The molecule has 0 radical (unpaired) electrons. The summed E-state index contributed by atoms with van der Waals surface area (Å²) in [5, 5.41) is 9.41. The van der Waals surface area contributed by atoms with E-state index < -0.39 is 23.1 Å². The molecular formula is C26H27F3O4. The predicted molar refractivity (Wildman–Crippen MR) is 119 cm³/mol. The highest BCUT2D eigenvalue weighted by Gasteiger charge is 2.30. The van der Waals surface area contributed by atoms with Crippen molar-refractivity contribution in [2.24, 2.45) is 0 Å². The van der Waals surface area contributed by atoms with Crippen molar-refractivity contribution in [2.75, 3.05) is 6.61 Å². The Morgan fingerprint density at radius 2 is 1.73 bits per heavy atom. The van der Waals surface area contributed by atoms with Crippen LogP contribution >= 0.6 is 0 Å². The van der Waals surface area contributed by atoms with E-state index >= 15 is 0 Å². The summed E-state index contributed by atoms with van der Waals surface area (Å²) in [6.45, 7) is 5.69. The van der Waals surface area contributed by atoms with Crippen LogP contribution in [0.25, 0.3) is 11.3 Å². The average Bonchev–Trinajstić information content (AvgIpc) is 3.19. The molecule has 1 aromatic heterocycles. The summed E-state index contributed by atoms with van der Waals surface area (Å²) in [6.07, 6.45) is -2.31. The molecule has 3 rings (SSSR count). The SMILES string of the molecule is CCc1oc(-c2ccc(C(F)(F)F)cc2)cc1CCCOc1cccc(C(C)(C)C(=O)O)c1. The second-order valence-electron chi connectivity index (χ2n) is 8.40. The highest BCUT2D eigenvalue weighted by Crippen LogP contribution is 2.33. The van der Waals surface area contributed by atoms with E-state index in [0.717, 1.165) is 23.5 Å². The number of rotatable bonds is 9. The molecule has 0 unspecified atom stereocenters. The number of alkyl halides is 3. The second kappa shape index (κ2) is 9.73. The predicted octanol–water partition coefficient (Wildman–Crippen LogP) is 6.90. The first kappa shape index (κ1) is 24.4. The number of aliphatic carboxylic acids is 1. The molecular weight excluding hydrogens is 433 g/mol. The number of carboxylic acids is 1. The summed E-state index contributed by atoms with van der Waals surface area (Å²) in [4.78, 5) is 11.5. The topological polar surface area (TPSA) is 59.7 Å². The standard InChI is InChI=1S/C26H27F3O4/c1-4-22-18(15-23(33-22)17-10-12-19(13-11-17)26(27,28)29)7-6-14-32-21-9-5-8-20(16-21)25(2,3)24(30)31/h5,8-13,15-16H,4,6-7,14H2,1-3H3,(H,30,31). The third-order valence-corrected chi connectivity index (χ3v) is 5.66. The van der Waals surface area contributed by atoms with Gasteiger partial charge in [-0.2, -0.15) is 13.2 Å². The van der Waals surface area contributed by atoms with Crippen LogP contribution in [0.15, 0.2) is 59.0 Å². The Labute approximate surface area is 191 Å². The fourth-order valence-electron chi connectivity index (χ4n) is 3.49. The Hall–Kier alpha value is -3.22. The smallest absolute Gasteiger partial charge is 0.416 e. The summed E-state index contributed by atoms with van der Waals surface area (Å²) in [5.41, 5.74) is 0.550. The Balaban J connectivity index is 1.62. The van der Waals surface area contributed by atoms with Gasteiger partial charge in [0.2, 0.25) is 0 Å². The van der Waals surface area contributed by atoms with Crippen LogP contribution in [0.5, 0.6) is 5.75 Å². The van der Waals surface area contributed by atoms with E-state index in [2.05, 4.69) is 0 Å². The van der Waals surface area contributed by atoms with Crippen molar-refractivity contribution in [1.29, 1.82) is 0 Å². The Bertz CT molecular complexity index is 1100. The number of carbonyl (C=O) groups is 1. The van der Waals surface area contributed by atoms with Crippen LogP contribution in [0.2, 0.25) is 0 Å². The monoisotopic (exact) mass is 460 g/mol. The van der Waals surface area contributed by atoms with Crippen molar-refractivity contribution in [3.05, 3.63) is 77.0 Å². The molecule has 0 amide bonds. The van der Waals surface area contributed by atoms with Crippen molar-refractivity contribution >= 4 is 5.97 Å². The number of benzene rings is 2. The lowest BCUT2D eigenvalue weighted by Crippen LogP contribution is -2.28. The van der Waals surface area contributed by atoms with Gasteiger partial charge < -0.3 is 14.3 Å². The second-order valence-corrected chi connectivity index (χ2v) is 8.40. The van der Waals surface area contributed by atoms with Gasteiger partial charge in [0.25, 0.3) is 0 Å². The molecule has 0 bridgehead atoms. The maximum Gasteiger partial charge on any atom is 0.416 e. The van der Waals surface area contributed by atoms with E-state index in [1.807, 2.05) is 13.0 Å². The number of halogens is 3. The lowest BCUT2D eigenvalue weighted by Gasteiger charge is -2.20. The molecule has 0 atom stereocenters. The van der Waals surface area contributed by atoms with Crippen molar-refractivity contribution in [2.45, 2.75) is 51.6 Å². The van der Waals surface area contributed by atoms with Crippen molar-refractivity contribution in [1.82, 2.24) is 0 Å². The number of carboxylic acid groups (broad SMARTS) is 1. The minimum absolute atomic E-state index is 0.431. The molecule has 0 aliphatic heterocycles. The first-order valence-electron chi connectivity index (χ1n) is 10.8. The molecule has 0 aliphatic carbocycles. The summed E-state index contributed by atoms with van der Waals surface area (Å²) < 4.78 is 50.1. The number of hydrogen-bond donors (Lipinski definition) is 1. The minimum Gasteiger partial charge on any atom is -0.494 e. The van der Waals surface area contributed by atoms with Crippen LogP contribution in [0.3, 0.4) is 0 Å². The fourth-order valence-corrected chi connectivity index (χ4v) is 3.49. The molecule has 2 aromatic carbocycles. The Morgan fingerprint density at radius 1 is 1.03 bits per heavy atom. The Kier molecular flexibility index (Phi) is 7.20. The molecule has 0 spiro atoms. The van der Waals surface area contributed by atoms with Gasteiger partial charge in [0.15, 0.2) is 0 Å². The molecule has 0 saturated heterocycles. The van der Waals surface area contributed by atoms with Crippen LogP contribution in [0, 0.1) is 0 Å². The van der Waals surface area contributed by atoms with E-state index in [1.54, 1.807) is 38.1 Å². The quantitative estimate of drug-likeness (QED) is 0.353. The van der Waals surface area contributed by atoms with Gasteiger partial charge in [-0.3, -0.25) is 4.79 Å². The van der Waals surface area contributed by atoms with E-state index in [1.165, 1.54) is 12.1 Å². The van der Waals surface area contributed by atoms with Gasteiger partial charge in [-0.25, -0.2) is 0 Å². The van der Waals surface area contributed by atoms with Crippen LogP contribution in [0.4, 0.5) is 13.2 Å². The largest absolute Gasteiger partial charge is 0.494 e. The maximum absolute atomic E-state index is 12.8. The molecule has 7 heteroatoms. The average molecular weight is 460 g/mol. The third kappa shape index (κ3) is 5.78. The van der Waals surface area contributed by atoms with Gasteiger partial charge in [-0.05, 0) is 68.1 Å². The van der Waals surface area contributed by atoms with Crippen molar-refractivity contribution < 1.29 is 32.2 Å². The van der Waals surface area contributed by atoms with Crippen molar-refractivity contribution in [3.63, 3.8) is 0 Å². The first-order valence-corrected chi connectivity index (χ1v) is 10.8. The van der Waals surface area contributed by atoms with Gasteiger partial charge in [-0.15, -0.1) is 0 Å². The van der Waals surface area contributed by atoms with E-state index in [0.29, 0.717) is 48.5 Å². The molecule has 33 heavy (non-hydrogen) atoms. The molecule has 4 nitrogen and oxygen atoms in total. The molecule has 0 aliphatic rings. The van der Waals surface area contributed by atoms with Gasteiger partial charge in [0.1, 0.15) is 17.3 Å². The molecule has 1 N–H and O–H groups in total. The van der Waals surface area contributed by atoms with Gasteiger partial charge >= 0.3 is 12.1 Å². The molecule has 1 heterocycles. The fraction of sp³-hybridized carbons (Fsp3) is 0.346. The zero-order chi connectivity index (χ0) is 24.2. The molecule has 0 saturated carbocycles. The van der Waals surface area contributed by atoms with Crippen LogP contribution in [0.1, 0.15) is 49.6 Å². The van der Waals surface area contributed by atoms with E-state index in [4.69, 9.17) is 9.15 Å². The highest BCUT2D eigenvalue weighted by atomic mass is 19.4. The zero-order valence-corrected chi connectivity index (χ0v) is 18.8. The summed E-state index contributed by atoms with van der Waals surface area (Å²) >= 11 is 0. The molecule has 176 valence electrons. The maximum atomic E-state index is 12.8. The highest BCUT2D eigenvalue weighted by molar-refractivity contribution is 5.80. The van der Waals surface area contributed by atoms with Crippen molar-refractivity contribution in [3.8, 4) is 17.1 Å². The van der Waals surface area contributed by atoms with E-state index in [9.17, 15) is 23.1 Å². The van der Waals surface area contributed by atoms with Crippen LogP contribution < -0.4 is 4.74 Å². The van der Waals surface area contributed by atoms with E-state index in [-0.39, 0.29) is 0 Å². The van der Waals surface area contributed by atoms with Gasteiger partial charge in [0, 0.05) is 12.0 Å².